The molecule has 0 aliphatic heterocycles. The highest BCUT2D eigenvalue weighted by molar-refractivity contribution is 6.94. The zero-order valence-electron chi connectivity index (χ0n) is 37.1. The Kier molecular flexibility index (Phi) is 22.1. The summed E-state index contributed by atoms with van der Waals surface area (Å²) < 4.78 is 36.9. The molecular weight excluding hydrogens is 689 g/mol. The Hall–Kier alpha value is 0.884. The summed E-state index contributed by atoms with van der Waals surface area (Å²) in [6.07, 6.45) is 5.90. The van der Waals surface area contributed by atoms with Crippen LogP contribution in [-0.2, 0) is 21.2 Å². The van der Waals surface area contributed by atoms with Gasteiger partial charge in [-0.15, -0.1) is 0 Å². The van der Waals surface area contributed by atoms with Gasteiger partial charge in [-0.3, -0.25) is 0 Å². The Balaban J connectivity index is 7.28. The molecular formula is C39H90O5Si5. The van der Waals surface area contributed by atoms with Crippen LogP contribution in [0.15, 0.2) is 0 Å². The molecule has 0 rings (SSSR count). The van der Waals surface area contributed by atoms with E-state index in [-0.39, 0.29) is 0 Å². The van der Waals surface area contributed by atoms with E-state index in [2.05, 4.69) is 145 Å². The Morgan fingerprint density at radius 1 is 0.347 bits per heavy atom. The van der Waals surface area contributed by atoms with E-state index in [0.29, 0.717) is 49.9 Å². The van der Waals surface area contributed by atoms with Gasteiger partial charge in [-0.1, -0.05) is 150 Å². The fourth-order valence-corrected chi connectivity index (χ4v) is 43.2. The minimum absolute atomic E-state index is 0.474. The normalized spacial score (nSPS) is 14.6. The second-order valence-corrected chi connectivity index (χ2v) is 41.4. The molecule has 0 aliphatic carbocycles. The van der Waals surface area contributed by atoms with Gasteiger partial charge in [-0.2, -0.15) is 0 Å². The van der Waals surface area contributed by atoms with Crippen LogP contribution >= 0.6 is 0 Å². The van der Waals surface area contributed by atoms with Gasteiger partial charge in [-0.25, -0.2) is 0 Å². The van der Waals surface area contributed by atoms with E-state index in [1.807, 2.05) is 0 Å². The van der Waals surface area contributed by atoms with Crippen molar-refractivity contribution in [2.75, 3.05) is 13.2 Å². The van der Waals surface area contributed by atoms with E-state index in [4.69, 9.17) is 21.2 Å². The van der Waals surface area contributed by atoms with Gasteiger partial charge in [0, 0.05) is 19.3 Å². The largest absolute Gasteiger partial charge is 0.469 e. The van der Waals surface area contributed by atoms with Crippen molar-refractivity contribution in [3.8, 4) is 0 Å². The molecule has 5 nitrogen and oxygen atoms in total. The van der Waals surface area contributed by atoms with Crippen LogP contribution in [0, 0.1) is 0 Å². The minimum atomic E-state index is -3.23. The van der Waals surface area contributed by atoms with Crippen LogP contribution in [0.3, 0.4) is 0 Å². The molecule has 0 spiro atoms. The summed E-state index contributed by atoms with van der Waals surface area (Å²) in [5, 5.41) is 0. The molecule has 0 aromatic rings. The fraction of sp³-hybridized carbons (Fsp3) is 1.00. The summed E-state index contributed by atoms with van der Waals surface area (Å²) >= 11 is 0. The lowest BCUT2D eigenvalue weighted by atomic mass is 10.2. The van der Waals surface area contributed by atoms with Crippen LogP contribution in [0.25, 0.3) is 0 Å². The van der Waals surface area contributed by atoms with E-state index in [9.17, 15) is 0 Å². The van der Waals surface area contributed by atoms with Crippen LogP contribution in [0.1, 0.15) is 171 Å². The van der Waals surface area contributed by atoms with Crippen LogP contribution < -0.4 is 0 Å². The topological polar surface area (TPSA) is 46.2 Å². The lowest BCUT2D eigenvalue weighted by Gasteiger charge is -2.56. The summed E-state index contributed by atoms with van der Waals surface area (Å²) in [6.45, 7) is 51.7. The minimum Gasteiger partial charge on any atom is -0.415 e. The highest BCUT2D eigenvalue weighted by atomic mass is 28.5. The Bertz CT molecular complexity index is 736. The molecule has 0 unspecified atom stereocenters. The van der Waals surface area contributed by atoms with E-state index >= 15 is 0 Å². The van der Waals surface area contributed by atoms with Crippen molar-refractivity contribution in [2.45, 2.75) is 239 Å². The summed E-state index contributed by atoms with van der Waals surface area (Å²) in [6, 6.07) is 2.02. The zero-order chi connectivity index (χ0) is 38.6. The molecule has 49 heavy (non-hydrogen) atoms. The summed E-state index contributed by atoms with van der Waals surface area (Å²) in [5.41, 5.74) is 4.27. The molecule has 0 saturated carbocycles. The average Bonchev–Trinajstić information content (AvgIpc) is 2.95. The summed E-state index contributed by atoms with van der Waals surface area (Å²) in [4.78, 5) is 0. The molecule has 0 bridgehead atoms. The SMILES string of the molecule is CCO[Si](C)(CCCCCCC[Si](O[Si](C(C)C)(C(C)C)C(C)C)(O[Si](C(C)C)(C(C)C)C(C)C)O[Si](C(C)C)(C(C)C)C(C)C)OCC. The van der Waals surface area contributed by atoms with Crippen molar-refractivity contribution in [3.63, 3.8) is 0 Å². The van der Waals surface area contributed by atoms with Crippen LogP contribution in [0.5, 0.6) is 0 Å². The summed E-state index contributed by atoms with van der Waals surface area (Å²) in [7, 11) is -12.4. The molecule has 0 atom stereocenters. The zero-order valence-corrected chi connectivity index (χ0v) is 42.1. The molecule has 0 saturated heterocycles. The Labute approximate surface area is 314 Å². The maximum Gasteiger partial charge on any atom is 0.469 e. The lowest BCUT2D eigenvalue weighted by molar-refractivity contribution is 0.188. The van der Waals surface area contributed by atoms with Crippen LogP contribution in [-0.4, -0.2) is 55.5 Å². The standard InChI is InChI=1S/C39H90O5Si5/c1-22-40-45(21,41-23-2)29-27-25-24-26-28-30-46(42-47(31(3)4,32(5)6)33(7)8,43-48(34(9)10,35(11)12)36(13)14)44-49(37(15)16,38(17)18)39(19)20/h31-39H,22-30H2,1-21H3. The van der Waals surface area contributed by atoms with E-state index in [1.54, 1.807) is 0 Å². The third kappa shape index (κ3) is 12.5. The van der Waals surface area contributed by atoms with Crippen molar-refractivity contribution in [2.24, 2.45) is 0 Å². The fourth-order valence-electron chi connectivity index (χ4n) is 10.2. The second kappa shape index (κ2) is 21.7. The highest BCUT2D eigenvalue weighted by Crippen LogP contribution is 2.53. The Morgan fingerprint density at radius 3 is 0.796 bits per heavy atom. The van der Waals surface area contributed by atoms with Crippen molar-refractivity contribution in [1.82, 2.24) is 0 Å². The Morgan fingerprint density at radius 2 is 0.571 bits per heavy atom. The van der Waals surface area contributed by atoms with Crippen molar-refractivity contribution in [3.05, 3.63) is 0 Å². The van der Waals surface area contributed by atoms with E-state index in [1.165, 1.54) is 25.7 Å². The molecule has 0 amide bonds. The van der Waals surface area contributed by atoms with E-state index < -0.39 is 42.3 Å². The van der Waals surface area contributed by atoms with Gasteiger partial charge in [0.2, 0.25) is 0 Å². The third-order valence-electron chi connectivity index (χ3n) is 12.1. The van der Waals surface area contributed by atoms with Gasteiger partial charge >= 0.3 is 17.4 Å². The average molecular weight is 780 g/mol. The molecule has 10 heteroatoms. The third-order valence-corrected chi connectivity index (χ3v) is 40.4. The smallest absolute Gasteiger partial charge is 0.415 e. The second-order valence-electron chi connectivity index (χ2n) is 18.2. The first-order valence-corrected chi connectivity index (χ1v) is 31.7. The quantitative estimate of drug-likeness (QED) is 0.0614. The first-order valence-electron chi connectivity index (χ1n) is 20.8. The van der Waals surface area contributed by atoms with Gasteiger partial charge in [0.25, 0.3) is 0 Å². The number of unbranched alkanes of at least 4 members (excludes halogenated alkanes) is 4. The first-order chi connectivity index (χ1) is 22.4. The van der Waals surface area contributed by atoms with Gasteiger partial charge in [0.1, 0.15) is 0 Å². The maximum absolute atomic E-state index is 8.22. The number of hydrogen-bond acceptors (Lipinski definition) is 5. The molecule has 0 radical (unpaired) electrons. The molecule has 0 fully saturated rings. The van der Waals surface area contributed by atoms with Crippen LogP contribution in [0.2, 0.25) is 68.5 Å². The summed E-state index contributed by atoms with van der Waals surface area (Å²) in [5.74, 6) is 0. The molecule has 296 valence electrons. The van der Waals surface area contributed by atoms with Gasteiger partial charge in [-0.05, 0) is 82.7 Å². The highest BCUT2D eigenvalue weighted by Gasteiger charge is 2.63. The van der Waals surface area contributed by atoms with Crippen molar-refractivity contribution < 1.29 is 21.2 Å². The van der Waals surface area contributed by atoms with Crippen LogP contribution in [0.4, 0.5) is 0 Å². The number of hydrogen-bond donors (Lipinski definition) is 0. The maximum atomic E-state index is 8.22. The first kappa shape index (κ1) is 49.9. The lowest BCUT2D eigenvalue weighted by Crippen LogP contribution is -2.69. The molecule has 0 aliphatic rings. The number of rotatable bonds is 27. The van der Waals surface area contributed by atoms with Gasteiger partial charge in [0.15, 0.2) is 25.0 Å². The monoisotopic (exact) mass is 779 g/mol. The molecule has 0 aromatic heterocycles. The molecule has 0 aromatic carbocycles. The predicted molar refractivity (Wildman–Crippen MR) is 230 cm³/mol. The van der Waals surface area contributed by atoms with Crippen molar-refractivity contribution in [1.29, 1.82) is 0 Å². The predicted octanol–water partition coefficient (Wildman–Crippen LogP) is 14.6. The van der Waals surface area contributed by atoms with Gasteiger partial charge < -0.3 is 21.2 Å². The van der Waals surface area contributed by atoms with Crippen molar-refractivity contribution >= 4 is 42.3 Å². The van der Waals surface area contributed by atoms with E-state index in [0.717, 1.165) is 31.7 Å². The van der Waals surface area contributed by atoms with Gasteiger partial charge in [0.05, 0.1) is 0 Å². The molecule has 0 heterocycles. The molecule has 0 N–H and O–H groups in total.